The second-order valence-corrected chi connectivity index (χ2v) is 13.4. The van der Waals surface area contributed by atoms with Crippen molar-refractivity contribution < 1.29 is 86.8 Å². The van der Waals surface area contributed by atoms with Crippen molar-refractivity contribution in [3.05, 3.63) is 95.3 Å². The first-order chi connectivity index (χ1) is 19.7. The maximum atomic E-state index is 14.8. The fraction of sp³-hybridized carbons (Fsp3) is 0.0833. The van der Waals surface area contributed by atoms with Crippen LogP contribution in [0.5, 0.6) is 0 Å². The zero-order valence-electron chi connectivity index (χ0n) is 20.5. The van der Waals surface area contributed by atoms with Gasteiger partial charge in [0.2, 0.25) is 0 Å². The molecule has 4 aromatic rings. The van der Waals surface area contributed by atoms with Crippen LogP contribution in [-0.2, 0) is 30.0 Å². The molecule has 0 bridgehead atoms. The molecule has 2 aromatic carbocycles. The molecular formula is C24H10F16IrN2P-2. The number of rotatable bonds is 4. The summed E-state index contributed by atoms with van der Waals surface area (Å²) in [5.74, 6) is -4.45. The molecule has 2 aromatic heterocycles. The van der Waals surface area contributed by atoms with Gasteiger partial charge in [0.25, 0.3) is 0 Å². The van der Waals surface area contributed by atoms with Crippen LogP contribution >= 0.6 is 7.81 Å². The Labute approximate surface area is 243 Å². The van der Waals surface area contributed by atoms with E-state index >= 15 is 0 Å². The number of nitrogens with zero attached hydrogens (tertiary/aromatic N) is 2. The molecule has 0 N–H and O–H groups in total. The molecule has 0 atom stereocenters. The van der Waals surface area contributed by atoms with E-state index in [1.807, 2.05) is 0 Å². The summed E-state index contributed by atoms with van der Waals surface area (Å²) in [5.41, 5.74) is -3.53. The topological polar surface area (TPSA) is 25.8 Å². The predicted octanol–water partition coefficient (Wildman–Crippen LogP) is 9.82. The van der Waals surface area contributed by atoms with Crippen LogP contribution in [0.4, 0.5) is 69.1 Å². The van der Waals surface area contributed by atoms with E-state index < -0.39 is 72.3 Å². The molecule has 20 heteroatoms. The van der Waals surface area contributed by atoms with E-state index in [0.29, 0.717) is 36.7 Å². The Morgan fingerprint density at radius 3 is 1.09 bits per heavy atom. The van der Waals surface area contributed by atoms with Gasteiger partial charge in [0.05, 0.1) is 0 Å². The molecule has 0 unspecified atom stereocenters. The SMILES string of the molecule is F[P-](F)(F)(F)(F)F.Fc1cc(F)c(-c2ccc(C(F)(F)F)cn2)[c]([Ir-][c]2cc(F)cc(F)c2-c2ccc(C(F)(F)F)cn2)c1. The van der Waals surface area contributed by atoms with E-state index in [0.717, 1.165) is 24.3 Å². The Hall–Kier alpha value is -3.30. The molecule has 0 radical (unpaired) electrons. The molecule has 2 nitrogen and oxygen atoms in total. The molecule has 244 valence electrons. The maximum absolute atomic E-state index is 14.8. The first-order valence-corrected chi connectivity index (χ1v) is 15.3. The number of halogens is 16. The molecule has 0 saturated heterocycles. The van der Waals surface area contributed by atoms with E-state index in [1.165, 1.54) is 0 Å². The summed E-state index contributed by atoms with van der Waals surface area (Å²) in [7, 11) is -10.7. The van der Waals surface area contributed by atoms with Crippen molar-refractivity contribution >= 4 is 16.0 Å². The Kier molecular flexibility index (Phi) is 8.99. The van der Waals surface area contributed by atoms with Crippen molar-refractivity contribution in [2.24, 2.45) is 0 Å². The quantitative estimate of drug-likeness (QED) is 0.151. The monoisotopic (exact) mass is 854 g/mol. The first-order valence-electron chi connectivity index (χ1n) is 10.9. The van der Waals surface area contributed by atoms with Crippen LogP contribution in [0.15, 0.2) is 60.9 Å². The molecular weight excluding hydrogens is 843 g/mol. The average Bonchev–Trinajstić information content (AvgIpc) is 2.81. The number of benzene rings is 2. The summed E-state index contributed by atoms with van der Waals surface area (Å²) in [5, 5.41) is 0. The summed E-state index contributed by atoms with van der Waals surface area (Å²) < 4.78 is 194. The number of aromatic nitrogens is 2. The van der Waals surface area contributed by atoms with Crippen molar-refractivity contribution in [2.45, 2.75) is 12.4 Å². The van der Waals surface area contributed by atoms with Crippen LogP contribution in [-0.4, -0.2) is 9.97 Å². The van der Waals surface area contributed by atoms with Gasteiger partial charge in [0.15, 0.2) is 0 Å². The fourth-order valence-corrected chi connectivity index (χ4v) is 6.67. The van der Waals surface area contributed by atoms with Gasteiger partial charge in [-0.1, -0.05) is 0 Å². The van der Waals surface area contributed by atoms with Gasteiger partial charge in [-0.2, -0.15) is 0 Å². The molecule has 0 aliphatic heterocycles. The Balaban J connectivity index is 0.000000676. The van der Waals surface area contributed by atoms with E-state index in [4.69, 9.17) is 0 Å². The molecule has 4 rings (SSSR count). The molecule has 0 saturated carbocycles. The third-order valence-electron chi connectivity index (χ3n) is 4.85. The van der Waals surface area contributed by atoms with Crippen molar-refractivity contribution in [3.63, 3.8) is 0 Å². The van der Waals surface area contributed by atoms with E-state index in [9.17, 15) is 69.1 Å². The predicted molar refractivity (Wildman–Crippen MR) is 122 cm³/mol. The summed E-state index contributed by atoms with van der Waals surface area (Å²) >= 11 is -2.06. The molecule has 0 aliphatic rings. The zero-order valence-corrected chi connectivity index (χ0v) is 23.8. The minimum atomic E-state index is -10.7. The fourth-order valence-electron chi connectivity index (χ4n) is 3.19. The summed E-state index contributed by atoms with van der Waals surface area (Å²) in [6, 6.07) is 5.74. The molecule has 2 heterocycles. The van der Waals surface area contributed by atoms with Gasteiger partial charge in [-0.05, 0) is 0 Å². The number of hydrogen-bond donors (Lipinski definition) is 0. The van der Waals surface area contributed by atoms with Crippen molar-refractivity contribution in [3.8, 4) is 22.5 Å². The second kappa shape index (κ2) is 11.2. The van der Waals surface area contributed by atoms with Gasteiger partial charge in [0, 0.05) is 0 Å². The third-order valence-corrected chi connectivity index (χ3v) is 8.03. The average molecular weight is 854 g/mol. The van der Waals surface area contributed by atoms with Gasteiger partial charge in [-0.3, -0.25) is 0 Å². The molecule has 0 fully saturated rings. The molecule has 0 amide bonds. The van der Waals surface area contributed by atoms with Crippen LogP contribution in [0.1, 0.15) is 11.1 Å². The normalized spacial score (nSPS) is 14.0. The van der Waals surface area contributed by atoms with E-state index in [-0.39, 0.29) is 30.7 Å². The van der Waals surface area contributed by atoms with Gasteiger partial charge in [-0.25, -0.2) is 0 Å². The van der Waals surface area contributed by atoms with E-state index in [1.54, 1.807) is 0 Å². The van der Waals surface area contributed by atoms with Crippen LogP contribution in [0.3, 0.4) is 0 Å². The summed E-state index contributed by atoms with van der Waals surface area (Å²) in [6.07, 6.45) is -8.51. The Bertz CT molecular complexity index is 1540. The number of alkyl halides is 6. The summed E-state index contributed by atoms with van der Waals surface area (Å²) in [4.78, 5) is 7.25. The molecule has 0 spiro atoms. The van der Waals surface area contributed by atoms with Crippen molar-refractivity contribution in [1.29, 1.82) is 0 Å². The number of pyridine rings is 2. The van der Waals surface area contributed by atoms with E-state index in [2.05, 4.69) is 9.97 Å². The van der Waals surface area contributed by atoms with Crippen LogP contribution < -0.4 is 8.15 Å². The Morgan fingerprint density at radius 1 is 0.523 bits per heavy atom. The zero-order chi connectivity index (χ0) is 33.5. The summed E-state index contributed by atoms with van der Waals surface area (Å²) in [6.45, 7) is 0. The van der Waals surface area contributed by atoms with Crippen molar-refractivity contribution in [1.82, 2.24) is 9.97 Å². The minimum absolute atomic E-state index is 0.108. The van der Waals surface area contributed by atoms with Crippen LogP contribution in [0.25, 0.3) is 22.5 Å². The standard InChI is InChI=1S/2C12H5F5N.F6P.Ir/c2*13-8-2-3-9(10(14)5-8)11-4-1-7(6-18-11)12(15,16)17;1-7(2,3,4,5)6;/h2*1-2,4-6H;;/q;;2*-1. The van der Waals surface area contributed by atoms with Crippen molar-refractivity contribution in [2.75, 3.05) is 0 Å². The van der Waals surface area contributed by atoms with Gasteiger partial charge < -0.3 is 0 Å². The van der Waals surface area contributed by atoms with Gasteiger partial charge >= 0.3 is 243 Å². The molecule has 0 aliphatic carbocycles. The first kappa shape index (κ1) is 35.2. The molecule has 44 heavy (non-hydrogen) atoms. The van der Waals surface area contributed by atoms with Gasteiger partial charge in [-0.15, -0.1) is 0 Å². The second-order valence-electron chi connectivity index (χ2n) is 8.34. The van der Waals surface area contributed by atoms with Gasteiger partial charge in [0.1, 0.15) is 0 Å². The Morgan fingerprint density at radius 2 is 0.841 bits per heavy atom. The third kappa shape index (κ3) is 10.4. The van der Waals surface area contributed by atoms with Crippen LogP contribution in [0.2, 0.25) is 0 Å². The number of hydrogen-bond acceptors (Lipinski definition) is 2. The van der Waals surface area contributed by atoms with Crippen LogP contribution in [0, 0.1) is 23.3 Å².